The molecule has 14 heavy (non-hydrogen) atoms. The lowest BCUT2D eigenvalue weighted by Gasteiger charge is -2.08. The van der Waals surface area contributed by atoms with Gasteiger partial charge in [-0.1, -0.05) is 26.0 Å². The molecule has 0 aliphatic heterocycles. The van der Waals surface area contributed by atoms with Crippen LogP contribution in [0.3, 0.4) is 0 Å². The first-order chi connectivity index (χ1) is 6.50. The number of hydrogen-bond donors (Lipinski definition) is 1. The Morgan fingerprint density at radius 3 is 2.64 bits per heavy atom. The van der Waals surface area contributed by atoms with E-state index in [2.05, 4.69) is 0 Å². The van der Waals surface area contributed by atoms with Crippen molar-refractivity contribution in [1.29, 1.82) is 0 Å². The first kappa shape index (κ1) is 10.7. The van der Waals surface area contributed by atoms with Crippen LogP contribution in [-0.4, -0.2) is 11.1 Å². The number of benzene rings is 1. The third-order valence-electron chi connectivity index (χ3n) is 2.04. The van der Waals surface area contributed by atoms with Gasteiger partial charge >= 0.3 is 5.97 Å². The number of carboxylic acids is 1. The lowest BCUT2D eigenvalue weighted by molar-refractivity contribution is -0.136. The number of carbonyl (C=O) groups is 1. The average Bonchev–Trinajstić information content (AvgIpc) is 2.07. The molecule has 0 aromatic heterocycles. The number of hydrogen-bond acceptors (Lipinski definition) is 1. The molecule has 1 aromatic carbocycles. The van der Waals surface area contributed by atoms with Gasteiger partial charge in [0, 0.05) is 0 Å². The quantitative estimate of drug-likeness (QED) is 0.806. The van der Waals surface area contributed by atoms with Crippen molar-refractivity contribution in [2.75, 3.05) is 0 Å². The van der Waals surface area contributed by atoms with Crippen LogP contribution in [0.5, 0.6) is 0 Å². The summed E-state index contributed by atoms with van der Waals surface area (Å²) in [5.41, 5.74) is 1.21. The molecule has 0 aliphatic carbocycles. The molecule has 1 N–H and O–H groups in total. The molecule has 0 bridgehead atoms. The van der Waals surface area contributed by atoms with Gasteiger partial charge in [0.05, 0.1) is 6.42 Å². The lowest BCUT2D eigenvalue weighted by atomic mass is 9.99. The minimum atomic E-state index is -0.897. The molecule has 0 heterocycles. The summed E-state index contributed by atoms with van der Waals surface area (Å²) in [6, 6.07) is 4.46. The fourth-order valence-electron chi connectivity index (χ4n) is 1.32. The zero-order valence-corrected chi connectivity index (χ0v) is 8.25. The van der Waals surface area contributed by atoms with Crippen molar-refractivity contribution < 1.29 is 14.3 Å². The van der Waals surface area contributed by atoms with Gasteiger partial charge in [0.1, 0.15) is 5.82 Å². The highest BCUT2D eigenvalue weighted by Crippen LogP contribution is 2.19. The molecule has 0 saturated heterocycles. The zero-order chi connectivity index (χ0) is 10.7. The minimum absolute atomic E-state index is 0.0556. The van der Waals surface area contributed by atoms with Crippen molar-refractivity contribution in [3.05, 3.63) is 35.1 Å². The third kappa shape index (κ3) is 2.55. The summed E-state index contributed by atoms with van der Waals surface area (Å²) in [5, 5.41) is 8.57. The lowest BCUT2D eigenvalue weighted by Crippen LogP contribution is -2.02. The number of carboxylic acid groups (broad SMARTS) is 1. The maximum atomic E-state index is 13.2. The maximum Gasteiger partial charge on any atom is 0.307 e. The van der Waals surface area contributed by atoms with Gasteiger partial charge in [-0.25, -0.2) is 4.39 Å². The Hall–Kier alpha value is -1.38. The van der Waals surface area contributed by atoms with E-state index >= 15 is 0 Å². The minimum Gasteiger partial charge on any atom is -0.481 e. The van der Waals surface area contributed by atoms with Crippen molar-refractivity contribution in [1.82, 2.24) is 0 Å². The SMILES string of the molecule is CC(C)c1cc(CC(=O)O)ccc1F. The molecule has 0 fully saturated rings. The van der Waals surface area contributed by atoms with Crippen LogP contribution in [0.25, 0.3) is 0 Å². The van der Waals surface area contributed by atoms with E-state index in [1.807, 2.05) is 13.8 Å². The normalized spacial score (nSPS) is 10.6. The van der Waals surface area contributed by atoms with Gasteiger partial charge in [-0.05, 0) is 23.1 Å². The standard InChI is InChI=1S/C11H13FO2/c1-7(2)9-5-8(6-11(13)14)3-4-10(9)12/h3-5,7H,6H2,1-2H3,(H,13,14). The van der Waals surface area contributed by atoms with Crippen molar-refractivity contribution in [3.8, 4) is 0 Å². The third-order valence-corrected chi connectivity index (χ3v) is 2.04. The van der Waals surface area contributed by atoms with Gasteiger partial charge in [0.15, 0.2) is 0 Å². The summed E-state index contributed by atoms with van der Waals surface area (Å²) in [4.78, 5) is 10.4. The molecule has 1 rings (SSSR count). The first-order valence-electron chi connectivity index (χ1n) is 4.51. The predicted octanol–water partition coefficient (Wildman–Crippen LogP) is 2.58. The van der Waals surface area contributed by atoms with Crippen LogP contribution in [0.4, 0.5) is 4.39 Å². The topological polar surface area (TPSA) is 37.3 Å². The smallest absolute Gasteiger partial charge is 0.307 e. The second-order valence-corrected chi connectivity index (χ2v) is 3.58. The molecule has 0 aliphatic rings. The van der Waals surface area contributed by atoms with Gasteiger partial charge in [0.25, 0.3) is 0 Å². The zero-order valence-electron chi connectivity index (χ0n) is 8.25. The Balaban J connectivity index is 3.00. The van der Waals surface area contributed by atoms with E-state index < -0.39 is 5.97 Å². The molecule has 0 spiro atoms. The van der Waals surface area contributed by atoms with E-state index in [9.17, 15) is 9.18 Å². The second-order valence-electron chi connectivity index (χ2n) is 3.58. The van der Waals surface area contributed by atoms with E-state index in [-0.39, 0.29) is 18.2 Å². The Morgan fingerprint density at radius 2 is 2.14 bits per heavy atom. The van der Waals surface area contributed by atoms with Crippen molar-refractivity contribution in [2.45, 2.75) is 26.2 Å². The largest absolute Gasteiger partial charge is 0.481 e. The number of aliphatic carboxylic acids is 1. The van der Waals surface area contributed by atoms with Crippen molar-refractivity contribution >= 4 is 5.97 Å². The van der Waals surface area contributed by atoms with Crippen LogP contribution in [-0.2, 0) is 11.2 Å². The maximum absolute atomic E-state index is 13.2. The summed E-state index contributed by atoms with van der Waals surface area (Å²) in [6.45, 7) is 3.76. The molecule has 2 nitrogen and oxygen atoms in total. The molecular weight excluding hydrogens is 183 g/mol. The van der Waals surface area contributed by atoms with Gasteiger partial charge in [-0.2, -0.15) is 0 Å². The molecule has 0 radical (unpaired) electrons. The highest BCUT2D eigenvalue weighted by Gasteiger charge is 2.08. The van der Waals surface area contributed by atoms with E-state index in [1.165, 1.54) is 12.1 Å². The molecule has 0 unspecified atom stereocenters. The predicted molar refractivity (Wildman–Crippen MR) is 51.8 cm³/mol. The van der Waals surface area contributed by atoms with Gasteiger partial charge in [-0.15, -0.1) is 0 Å². The van der Waals surface area contributed by atoms with Gasteiger partial charge < -0.3 is 5.11 Å². The number of rotatable bonds is 3. The molecule has 0 atom stereocenters. The Kier molecular flexibility index (Phi) is 3.23. The summed E-state index contributed by atoms with van der Waals surface area (Å²) >= 11 is 0. The molecule has 1 aromatic rings. The Labute approximate surface area is 82.4 Å². The highest BCUT2D eigenvalue weighted by molar-refractivity contribution is 5.70. The summed E-state index contributed by atoms with van der Waals surface area (Å²) in [5.74, 6) is -1.09. The van der Waals surface area contributed by atoms with E-state index in [1.54, 1.807) is 6.07 Å². The average molecular weight is 196 g/mol. The van der Waals surface area contributed by atoms with Gasteiger partial charge in [0.2, 0.25) is 0 Å². The summed E-state index contributed by atoms with van der Waals surface area (Å²) in [6.07, 6.45) is -0.0556. The van der Waals surface area contributed by atoms with Gasteiger partial charge in [-0.3, -0.25) is 4.79 Å². The van der Waals surface area contributed by atoms with Crippen LogP contribution in [0.15, 0.2) is 18.2 Å². The molecular formula is C11H13FO2. The van der Waals surface area contributed by atoms with Crippen LogP contribution >= 0.6 is 0 Å². The monoisotopic (exact) mass is 196 g/mol. The summed E-state index contributed by atoms with van der Waals surface area (Å²) < 4.78 is 13.2. The second kappa shape index (κ2) is 4.22. The van der Waals surface area contributed by atoms with E-state index in [0.717, 1.165) is 0 Å². The van der Waals surface area contributed by atoms with E-state index in [4.69, 9.17) is 5.11 Å². The molecule has 3 heteroatoms. The Morgan fingerprint density at radius 1 is 1.50 bits per heavy atom. The highest BCUT2D eigenvalue weighted by atomic mass is 19.1. The van der Waals surface area contributed by atoms with Crippen LogP contribution in [0, 0.1) is 5.82 Å². The molecule has 76 valence electrons. The molecule has 0 saturated carbocycles. The van der Waals surface area contributed by atoms with Crippen LogP contribution < -0.4 is 0 Å². The van der Waals surface area contributed by atoms with Crippen LogP contribution in [0.2, 0.25) is 0 Å². The van der Waals surface area contributed by atoms with E-state index in [0.29, 0.717) is 11.1 Å². The Bertz CT molecular complexity index is 345. The summed E-state index contributed by atoms with van der Waals surface area (Å²) in [7, 11) is 0. The number of halogens is 1. The van der Waals surface area contributed by atoms with Crippen molar-refractivity contribution in [2.24, 2.45) is 0 Å². The molecule has 0 amide bonds. The fraction of sp³-hybridized carbons (Fsp3) is 0.364. The van der Waals surface area contributed by atoms with Crippen molar-refractivity contribution in [3.63, 3.8) is 0 Å². The first-order valence-corrected chi connectivity index (χ1v) is 4.51. The fourth-order valence-corrected chi connectivity index (χ4v) is 1.32. The van der Waals surface area contributed by atoms with Crippen LogP contribution in [0.1, 0.15) is 30.9 Å².